The molecular weight excluding hydrogens is 464 g/mol. The highest BCUT2D eigenvalue weighted by atomic mass is 32.1. The molecule has 0 radical (unpaired) electrons. The third-order valence-electron chi connectivity index (χ3n) is 5.66. The number of aliphatic hydroxyl groups is 1. The number of aliphatic carboxylic acids is 1. The Kier molecular flexibility index (Phi) is 7.75. The predicted molar refractivity (Wildman–Crippen MR) is 136 cm³/mol. The highest BCUT2D eigenvalue weighted by molar-refractivity contribution is 7.13. The van der Waals surface area contributed by atoms with E-state index in [1.165, 1.54) is 0 Å². The molecule has 4 rings (SSSR count). The van der Waals surface area contributed by atoms with Gasteiger partial charge < -0.3 is 34.8 Å². The van der Waals surface area contributed by atoms with Crippen LogP contribution < -0.4 is 19.9 Å². The highest BCUT2D eigenvalue weighted by Gasteiger charge is 2.22. The summed E-state index contributed by atoms with van der Waals surface area (Å²) in [5.41, 5.74) is 2.52. The molecule has 0 bridgehead atoms. The molecule has 1 atom stereocenters. The Morgan fingerprint density at radius 2 is 1.91 bits per heavy atom. The third kappa shape index (κ3) is 6.42. The van der Waals surface area contributed by atoms with Crippen LogP contribution in [0, 0.1) is 0 Å². The number of carbonyl (C=O) groups is 1. The fourth-order valence-corrected chi connectivity index (χ4v) is 4.75. The van der Waals surface area contributed by atoms with E-state index in [4.69, 9.17) is 9.47 Å². The summed E-state index contributed by atoms with van der Waals surface area (Å²) in [5.74, 6) is -0.0421. The van der Waals surface area contributed by atoms with Crippen molar-refractivity contribution in [2.75, 3.05) is 19.8 Å². The van der Waals surface area contributed by atoms with Crippen molar-refractivity contribution in [1.29, 1.82) is 0 Å². The van der Waals surface area contributed by atoms with E-state index in [2.05, 4.69) is 30.2 Å². The van der Waals surface area contributed by atoms with Gasteiger partial charge in [0.05, 0.1) is 11.5 Å². The van der Waals surface area contributed by atoms with Gasteiger partial charge in [-0.1, -0.05) is 30.3 Å². The number of carbonyl (C=O) groups excluding carboxylic acids is 1. The Morgan fingerprint density at radius 3 is 2.69 bits per heavy atom. The zero-order valence-corrected chi connectivity index (χ0v) is 20.6. The van der Waals surface area contributed by atoms with E-state index >= 15 is 0 Å². The molecule has 35 heavy (non-hydrogen) atoms. The lowest BCUT2D eigenvalue weighted by Crippen LogP contribution is -2.46. The number of nitrogens with one attached hydrogen (secondary N) is 2. The van der Waals surface area contributed by atoms with Crippen molar-refractivity contribution < 1.29 is 24.5 Å². The van der Waals surface area contributed by atoms with Gasteiger partial charge >= 0.3 is 0 Å². The molecule has 0 amide bonds. The quantitative estimate of drug-likeness (QED) is 0.279. The second-order valence-electron chi connectivity index (χ2n) is 9.03. The lowest BCUT2D eigenvalue weighted by Gasteiger charge is -2.28. The lowest BCUT2D eigenvalue weighted by molar-refractivity contribution is -0.307. The number of H-pyrrole nitrogens is 1. The number of fused-ring (bicyclic) bond motifs is 1. The van der Waals surface area contributed by atoms with Crippen molar-refractivity contribution in [3.05, 3.63) is 71.7 Å². The zero-order chi connectivity index (χ0) is 24.8. The number of rotatable bonds is 12. The largest absolute Gasteiger partial charge is 0.546 e. The van der Waals surface area contributed by atoms with Crippen molar-refractivity contribution in [1.82, 2.24) is 10.3 Å². The van der Waals surface area contributed by atoms with Gasteiger partial charge in [-0.25, -0.2) is 0 Å². The van der Waals surface area contributed by atoms with Crippen LogP contribution in [0.2, 0.25) is 0 Å². The van der Waals surface area contributed by atoms with Crippen molar-refractivity contribution in [3.63, 3.8) is 0 Å². The van der Waals surface area contributed by atoms with Gasteiger partial charge in [-0.3, -0.25) is 0 Å². The van der Waals surface area contributed by atoms with Crippen LogP contribution in [0.5, 0.6) is 11.5 Å². The van der Waals surface area contributed by atoms with Gasteiger partial charge in [0, 0.05) is 34.1 Å². The maximum atomic E-state index is 10.7. The van der Waals surface area contributed by atoms with Crippen LogP contribution in [0.3, 0.4) is 0 Å². The van der Waals surface area contributed by atoms with E-state index in [9.17, 15) is 15.0 Å². The fourth-order valence-electron chi connectivity index (χ4n) is 3.99. The Bertz CT molecular complexity index is 1270. The minimum atomic E-state index is -1.27. The normalized spacial score (nSPS) is 12.5. The number of carboxylic acid groups (broad SMARTS) is 1. The summed E-state index contributed by atoms with van der Waals surface area (Å²) in [6, 6.07) is 17.4. The predicted octanol–water partition coefficient (Wildman–Crippen LogP) is 3.38. The maximum absolute atomic E-state index is 10.7. The molecule has 0 saturated carbocycles. The number of β-amino-alcohol motifs (C(OH)–C–C–N with tert-alkyl or cyclic N) is 1. The van der Waals surface area contributed by atoms with Gasteiger partial charge in [0.2, 0.25) is 0 Å². The molecule has 2 heterocycles. The summed E-state index contributed by atoms with van der Waals surface area (Å²) in [7, 11) is 0. The Balaban J connectivity index is 1.34. The zero-order valence-electron chi connectivity index (χ0n) is 19.7. The van der Waals surface area contributed by atoms with Crippen LogP contribution in [-0.2, 0) is 11.2 Å². The first kappa shape index (κ1) is 24.8. The number of para-hydroxylation sites is 2. The third-order valence-corrected chi connectivity index (χ3v) is 6.57. The first-order valence-electron chi connectivity index (χ1n) is 11.4. The number of ether oxygens (including phenoxy) is 2. The maximum Gasteiger partial charge on any atom is 0.143 e. The van der Waals surface area contributed by atoms with Crippen LogP contribution >= 0.6 is 11.3 Å². The number of thiophene rings is 1. The number of aromatic amines is 1. The number of benzene rings is 2. The van der Waals surface area contributed by atoms with Crippen LogP contribution in [0.25, 0.3) is 21.3 Å². The molecule has 8 heteroatoms. The molecule has 4 aromatic rings. The average molecular weight is 494 g/mol. The van der Waals surface area contributed by atoms with Crippen molar-refractivity contribution in [3.8, 4) is 21.9 Å². The SMILES string of the molecule is CC(C)(Cc1c[nH]c2c(OCC(=O)[O-])cccc12)NC[C@H](O)COc1ccccc1-c1cccs1. The number of carboxylic acids is 1. The molecule has 0 spiro atoms. The van der Waals surface area contributed by atoms with E-state index < -0.39 is 18.7 Å². The Hall–Kier alpha value is -3.33. The van der Waals surface area contributed by atoms with Crippen LogP contribution in [-0.4, -0.2) is 47.5 Å². The van der Waals surface area contributed by atoms with Gasteiger partial charge in [0.25, 0.3) is 0 Å². The topological polar surface area (TPSA) is 107 Å². The van der Waals surface area contributed by atoms with E-state index in [0.29, 0.717) is 18.7 Å². The molecule has 2 aromatic carbocycles. The number of aliphatic hydroxyl groups excluding tert-OH is 1. The van der Waals surface area contributed by atoms with Crippen LogP contribution in [0.4, 0.5) is 0 Å². The Morgan fingerprint density at radius 1 is 1.11 bits per heavy atom. The van der Waals surface area contributed by atoms with Crippen molar-refractivity contribution in [2.45, 2.75) is 31.9 Å². The van der Waals surface area contributed by atoms with E-state index in [1.807, 2.05) is 54.0 Å². The van der Waals surface area contributed by atoms with Gasteiger partial charge in [-0.15, -0.1) is 11.3 Å². The molecule has 0 fully saturated rings. The first-order chi connectivity index (χ1) is 16.8. The number of hydrogen-bond acceptors (Lipinski definition) is 7. The number of aromatic nitrogens is 1. The molecule has 184 valence electrons. The smallest absolute Gasteiger partial charge is 0.143 e. The summed E-state index contributed by atoms with van der Waals surface area (Å²) in [6.07, 6.45) is 1.91. The van der Waals surface area contributed by atoms with Crippen molar-refractivity contribution in [2.24, 2.45) is 0 Å². The van der Waals surface area contributed by atoms with Gasteiger partial charge in [-0.2, -0.15) is 0 Å². The van der Waals surface area contributed by atoms with E-state index in [0.717, 1.165) is 32.7 Å². The van der Waals surface area contributed by atoms with Gasteiger partial charge in [-0.05, 0) is 55.5 Å². The molecular formula is C27H29N2O5S-. The average Bonchev–Trinajstić information content (AvgIpc) is 3.51. The summed E-state index contributed by atoms with van der Waals surface area (Å²) in [4.78, 5) is 15.1. The first-order valence-corrected chi connectivity index (χ1v) is 12.3. The van der Waals surface area contributed by atoms with Gasteiger partial charge in [0.1, 0.15) is 30.8 Å². The molecule has 3 N–H and O–H groups in total. The standard InChI is InChI=1S/C27H30N2O5S/c1-27(2,13-18-14-28-26-20(18)8-5-10-23(26)34-17-25(31)32)29-15-19(30)16-33-22-9-4-3-7-21(22)24-11-6-12-35-24/h3-12,14,19,28-30H,13,15-17H2,1-2H3,(H,31,32)/p-1/t19-/m0/s1. The monoisotopic (exact) mass is 493 g/mol. The van der Waals surface area contributed by atoms with E-state index in [1.54, 1.807) is 17.4 Å². The molecule has 0 aliphatic carbocycles. The molecule has 0 unspecified atom stereocenters. The summed E-state index contributed by atoms with van der Waals surface area (Å²) >= 11 is 1.65. The molecule has 7 nitrogen and oxygen atoms in total. The molecule has 0 aliphatic rings. The fraction of sp³-hybridized carbons (Fsp3) is 0.296. The molecule has 2 aromatic heterocycles. The molecule has 0 aliphatic heterocycles. The molecule has 0 saturated heterocycles. The van der Waals surface area contributed by atoms with Crippen molar-refractivity contribution >= 4 is 28.2 Å². The Labute approximate surface area is 208 Å². The second-order valence-corrected chi connectivity index (χ2v) is 9.98. The minimum absolute atomic E-state index is 0.178. The van der Waals surface area contributed by atoms with Gasteiger partial charge in [0.15, 0.2) is 0 Å². The lowest BCUT2D eigenvalue weighted by atomic mass is 9.94. The summed E-state index contributed by atoms with van der Waals surface area (Å²) in [6.45, 7) is 4.19. The summed E-state index contributed by atoms with van der Waals surface area (Å²) < 4.78 is 11.3. The summed E-state index contributed by atoms with van der Waals surface area (Å²) in [5, 5.41) is 27.7. The van der Waals surface area contributed by atoms with Crippen LogP contribution in [0.1, 0.15) is 19.4 Å². The van der Waals surface area contributed by atoms with Crippen LogP contribution in [0.15, 0.2) is 66.2 Å². The minimum Gasteiger partial charge on any atom is -0.546 e. The highest BCUT2D eigenvalue weighted by Crippen LogP contribution is 2.33. The second kappa shape index (κ2) is 10.9. The van der Waals surface area contributed by atoms with E-state index in [-0.39, 0.29) is 12.1 Å². The number of hydrogen-bond donors (Lipinski definition) is 3.